The van der Waals surface area contributed by atoms with Crippen LogP contribution in [0.2, 0.25) is 5.02 Å². The lowest BCUT2D eigenvalue weighted by Crippen LogP contribution is -3.13. The van der Waals surface area contributed by atoms with Crippen molar-refractivity contribution < 1.29 is 32.3 Å². The fraction of sp³-hybridized carbons (Fsp3) is 0.269. The SMILES string of the molecule is COc1ccccc1NS(=O)(=O)c1cc(C(=O)N2CC[NH+](Cc3ccc4c(c3)OCO4)CC2)ccc1Cl. The Balaban J connectivity index is 1.25. The molecule has 0 spiro atoms. The van der Waals surface area contributed by atoms with E-state index in [9.17, 15) is 13.2 Å². The predicted octanol–water partition coefficient (Wildman–Crippen LogP) is 2.42. The summed E-state index contributed by atoms with van der Waals surface area (Å²) < 4.78 is 44.8. The van der Waals surface area contributed by atoms with Crippen molar-refractivity contribution in [1.82, 2.24) is 4.90 Å². The van der Waals surface area contributed by atoms with Gasteiger partial charge in [0, 0.05) is 11.1 Å². The van der Waals surface area contributed by atoms with Crippen LogP contribution in [-0.2, 0) is 16.6 Å². The highest BCUT2D eigenvalue weighted by molar-refractivity contribution is 7.92. The summed E-state index contributed by atoms with van der Waals surface area (Å²) in [5, 5.41) is 0.0249. The molecule has 9 nitrogen and oxygen atoms in total. The predicted molar refractivity (Wildman–Crippen MR) is 138 cm³/mol. The fourth-order valence-electron chi connectivity index (χ4n) is 4.50. The number of para-hydroxylation sites is 2. The number of piperazine rings is 1. The number of hydrogen-bond acceptors (Lipinski definition) is 6. The summed E-state index contributed by atoms with van der Waals surface area (Å²) in [6.07, 6.45) is 0. The quantitative estimate of drug-likeness (QED) is 0.474. The average molecular weight is 545 g/mol. The number of fused-ring (bicyclic) bond motifs is 1. The van der Waals surface area contributed by atoms with E-state index in [4.69, 9.17) is 25.8 Å². The van der Waals surface area contributed by atoms with Crippen molar-refractivity contribution in [2.75, 3.05) is 44.8 Å². The molecule has 0 aromatic heterocycles. The Kier molecular flexibility index (Phi) is 7.14. The minimum atomic E-state index is -4.07. The van der Waals surface area contributed by atoms with E-state index in [1.807, 2.05) is 18.2 Å². The Hall–Kier alpha value is -3.47. The fourth-order valence-corrected chi connectivity index (χ4v) is 6.09. The number of halogens is 1. The topological polar surface area (TPSA) is 98.6 Å². The van der Waals surface area contributed by atoms with Gasteiger partial charge in [-0.2, -0.15) is 0 Å². The van der Waals surface area contributed by atoms with E-state index in [2.05, 4.69) is 4.72 Å². The van der Waals surface area contributed by atoms with Gasteiger partial charge in [-0.05, 0) is 48.5 Å². The molecule has 37 heavy (non-hydrogen) atoms. The summed E-state index contributed by atoms with van der Waals surface area (Å²) in [5.41, 5.74) is 1.69. The number of methoxy groups -OCH3 is 1. The van der Waals surface area contributed by atoms with Crippen LogP contribution in [0.25, 0.3) is 0 Å². The first-order valence-corrected chi connectivity index (χ1v) is 13.7. The second-order valence-electron chi connectivity index (χ2n) is 8.86. The lowest BCUT2D eigenvalue weighted by molar-refractivity contribution is -0.917. The van der Waals surface area contributed by atoms with E-state index in [1.165, 1.54) is 24.1 Å². The third-order valence-electron chi connectivity index (χ3n) is 6.47. The number of nitrogens with zero attached hydrogens (tertiary/aromatic N) is 1. The van der Waals surface area contributed by atoms with Gasteiger partial charge in [0.25, 0.3) is 15.9 Å². The highest BCUT2D eigenvalue weighted by Crippen LogP contribution is 2.32. The van der Waals surface area contributed by atoms with Crippen LogP contribution in [0.5, 0.6) is 17.2 Å². The molecule has 2 heterocycles. The lowest BCUT2D eigenvalue weighted by atomic mass is 10.1. The summed E-state index contributed by atoms with van der Waals surface area (Å²) in [7, 11) is -2.61. The van der Waals surface area contributed by atoms with Crippen molar-refractivity contribution in [3.8, 4) is 17.2 Å². The van der Waals surface area contributed by atoms with Crippen LogP contribution in [0.3, 0.4) is 0 Å². The van der Waals surface area contributed by atoms with Crippen molar-refractivity contribution in [2.45, 2.75) is 11.4 Å². The van der Waals surface area contributed by atoms with E-state index >= 15 is 0 Å². The molecule has 3 aromatic carbocycles. The molecule has 0 saturated carbocycles. The molecule has 11 heteroatoms. The zero-order valence-electron chi connectivity index (χ0n) is 20.2. The summed E-state index contributed by atoms with van der Waals surface area (Å²) >= 11 is 6.25. The summed E-state index contributed by atoms with van der Waals surface area (Å²) in [6.45, 7) is 3.72. The minimum absolute atomic E-state index is 0.0249. The summed E-state index contributed by atoms with van der Waals surface area (Å²) in [4.78, 5) is 16.2. The maximum atomic E-state index is 13.2. The highest BCUT2D eigenvalue weighted by Gasteiger charge is 2.27. The van der Waals surface area contributed by atoms with Crippen LogP contribution in [0.4, 0.5) is 5.69 Å². The zero-order valence-corrected chi connectivity index (χ0v) is 21.8. The molecular weight excluding hydrogens is 518 g/mol. The van der Waals surface area contributed by atoms with Crippen molar-refractivity contribution in [1.29, 1.82) is 0 Å². The largest absolute Gasteiger partial charge is 0.495 e. The third-order valence-corrected chi connectivity index (χ3v) is 8.31. The number of quaternary nitrogens is 1. The van der Waals surface area contributed by atoms with Crippen LogP contribution in [-0.4, -0.2) is 59.3 Å². The smallest absolute Gasteiger partial charge is 0.263 e. The molecule has 3 aromatic rings. The molecule has 2 aliphatic rings. The molecule has 0 bridgehead atoms. The Labute approximate surface area is 220 Å². The van der Waals surface area contributed by atoms with Gasteiger partial charge in [-0.25, -0.2) is 8.42 Å². The molecule has 1 saturated heterocycles. The number of ether oxygens (including phenoxy) is 3. The number of nitrogens with one attached hydrogen (secondary N) is 2. The number of carbonyl (C=O) groups is 1. The van der Waals surface area contributed by atoms with E-state index < -0.39 is 10.0 Å². The number of amides is 1. The molecule has 0 unspecified atom stereocenters. The molecular formula is C26H27ClN3O6S+. The second-order valence-corrected chi connectivity index (χ2v) is 10.9. The van der Waals surface area contributed by atoms with Gasteiger partial charge in [-0.3, -0.25) is 9.52 Å². The van der Waals surface area contributed by atoms with Gasteiger partial charge in [0.2, 0.25) is 6.79 Å². The van der Waals surface area contributed by atoms with Gasteiger partial charge in [0.15, 0.2) is 11.5 Å². The Morgan fingerprint density at radius 1 is 1.05 bits per heavy atom. The molecule has 2 aliphatic heterocycles. The maximum Gasteiger partial charge on any atom is 0.263 e. The lowest BCUT2D eigenvalue weighted by Gasteiger charge is -2.32. The normalized spacial score (nSPS) is 15.5. The Morgan fingerprint density at radius 2 is 1.81 bits per heavy atom. The molecule has 0 aliphatic carbocycles. The third kappa shape index (κ3) is 5.46. The van der Waals surface area contributed by atoms with Gasteiger partial charge in [0.1, 0.15) is 17.2 Å². The standard InChI is InChI=1S/C26H26ClN3O6S/c1-34-22-5-3-2-4-21(22)28-37(32,33)25-15-19(7-8-20(25)27)26(31)30-12-10-29(11-13-30)16-18-6-9-23-24(14-18)36-17-35-23/h2-9,14-15,28H,10-13,16-17H2,1H3/p+1. The first kappa shape index (κ1) is 25.2. The Morgan fingerprint density at radius 3 is 2.59 bits per heavy atom. The highest BCUT2D eigenvalue weighted by atomic mass is 35.5. The molecule has 5 rings (SSSR count). The number of rotatable bonds is 7. The van der Waals surface area contributed by atoms with Crippen LogP contribution in [0.1, 0.15) is 15.9 Å². The van der Waals surface area contributed by atoms with Gasteiger partial charge in [-0.1, -0.05) is 23.7 Å². The van der Waals surface area contributed by atoms with Crippen molar-refractivity contribution in [3.05, 3.63) is 76.8 Å². The molecule has 2 N–H and O–H groups in total. The van der Waals surface area contributed by atoms with Crippen molar-refractivity contribution >= 4 is 33.2 Å². The van der Waals surface area contributed by atoms with Crippen LogP contribution >= 0.6 is 11.6 Å². The Bertz CT molecular complexity index is 1420. The zero-order chi connectivity index (χ0) is 26.0. The number of hydrogen-bond donors (Lipinski definition) is 2. The monoisotopic (exact) mass is 544 g/mol. The number of anilines is 1. The van der Waals surface area contributed by atoms with Crippen LogP contribution in [0, 0.1) is 0 Å². The minimum Gasteiger partial charge on any atom is -0.495 e. The summed E-state index contributed by atoms with van der Waals surface area (Å²) in [6, 6.07) is 16.9. The molecule has 1 fully saturated rings. The van der Waals surface area contributed by atoms with Crippen molar-refractivity contribution in [3.63, 3.8) is 0 Å². The average Bonchev–Trinajstić information content (AvgIpc) is 3.37. The van der Waals surface area contributed by atoms with Crippen LogP contribution < -0.4 is 23.8 Å². The van der Waals surface area contributed by atoms with E-state index in [-0.39, 0.29) is 33.9 Å². The molecule has 194 valence electrons. The van der Waals surface area contributed by atoms with Gasteiger partial charge >= 0.3 is 0 Å². The first-order valence-electron chi connectivity index (χ1n) is 11.8. The molecule has 0 radical (unpaired) electrons. The van der Waals surface area contributed by atoms with Gasteiger partial charge in [-0.15, -0.1) is 0 Å². The van der Waals surface area contributed by atoms with Crippen molar-refractivity contribution in [2.24, 2.45) is 0 Å². The summed E-state index contributed by atoms with van der Waals surface area (Å²) in [5.74, 6) is 1.67. The van der Waals surface area contributed by atoms with E-state index in [0.29, 0.717) is 18.8 Å². The molecule has 0 atom stereocenters. The first-order chi connectivity index (χ1) is 17.8. The van der Waals surface area contributed by atoms with E-state index in [1.54, 1.807) is 35.2 Å². The second kappa shape index (κ2) is 10.5. The maximum absolute atomic E-state index is 13.2. The molecule has 1 amide bonds. The van der Waals surface area contributed by atoms with Crippen LogP contribution in [0.15, 0.2) is 65.6 Å². The number of benzene rings is 3. The van der Waals surface area contributed by atoms with E-state index in [0.717, 1.165) is 36.7 Å². The number of carbonyl (C=O) groups excluding carboxylic acids is 1. The van der Waals surface area contributed by atoms with Gasteiger partial charge < -0.3 is 24.0 Å². The number of sulfonamides is 1. The van der Waals surface area contributed by atoms with Gasteiger partial charge in [0.05, 0.1) is 44.0 Å².